The summed E-state index contributed by atoms with van der Waals surface area (Å²) in [5, 5.41) is 9.06. The van der Waals surface area contributed by atoms with E-state index in [-0.39, 0.29) is 40.7 Å². The number of ether oxygens (including phenoxy) is 1. The minimum atomic E-state index is -4.19. The molecule has 1 aromatic heterocycles. The molecule has 0 saturated heterocycles. The van der Waals surface area contributed by atoms with E-state index < -0.39 is 33.6 Å². The van der Waals surface area contributed by atoms with Gasteiger partial charge in [-0.25, -0.2) is 22.3 Å². The van der Waals surface area contributed by atoms with Gasteiger partial charge in [-0.05, 0) is 24.6 Å². The van der Waals surface area contributed by atoms with Crippen LogP contribution in [-0.2, 0) is 21.2 Å². The molecule has 3 aromatic rings. The smallest absolute Gasteiger partial charge is 0.392 e. The Morgan fingerprint density at radius 2 is 1.91 bits per heavy atom. The van der Waals surface area contributed by atoms with Gasteiger partial charge in [0, 0.05) is 24.5 Å². The van der Waals surface area contributed by atoms with Crippen molar-refractivity contribution in [1.82, 2.24) is 9.71 Å². The van der Waals surface area contributed by atoms with Gasteiger partial charge in [0.1, 0.15) is 5.82 Å². The minimum absolute atomic E-state index is 0.00105. The van der Waals surface area contributed by atoms with E-state index in [1.807, 2.05) is 4.72 Å². The summed E-state index contributed by atoms with van der Waals surface area (Å²) in [6, 6.07) is 9.81. The first-order valence-electron chi connectivity index (χ1n) is 9.39. The van der Waals surface area contributed by atoms with Gasteiger partial charge >= 0.3 is 11.9 Å². The lowest BCUT2D eigenvalue weighted by atomic mass is 10.0. The van der Waals surface area contributed by atoms with Crippen LogP contribution in [0.5, 0.6) is 5.88 Å². The van der Waals surface area contributed by atoms with E-state index in [4.69, 9.17) is 14.3 Å². The first kappa shape index (κ1) is 22.9. The van der Waals surface area contributed by atoms with E-state index in [1.165, 1.54) is 30.3 Å². The molecule has 0 fully saturated rings. The number of nitrogens with zero attached hydrogens (tertiary/aromatic N) is 1. The van der Waals surface area contributed by atoms with Crippen molar-refractivity contribution in [2.24, 2.45) is 0 Å². The number of aromatic carboxylic acids is 1. The topological polar surface area (TPSA) is 136 Å². The average molecular weight is 462 g/mol. The van der Waals surface area contributed by atoms with Crippen molar-refractivity contribution in [3.8, 4) is 17.0 Å². The highest BCUT2D eigenvalue weighted by Crippen LogP contribution is 2.31. The SMILES string of the molecule is CCOc1nc(C(=O)O)oc1Cc1ccc(-c2ccccc2S(=O)(=O)NC(C)=O)c(F)c1. The van der Waals surface area contributed by atoms with E-state index in [9.17, 15) is 22.4 Å². The van der Waals surface area contributed by atoms with Crippen LogP contribution in [-0.4, -0.2) is 37.0 Å². The highest BCUT2D eigenvalue weighted by molar-refractivity contribution is 7.90. The predicted octanol–water partition coefficient (Wildman–Crippen LogP) is 2.99. The molecule has 1 amide bonds. The second-order valence-electron chi connectivity index (χ2n) is 6.63. The zero-order valence-electron chi connectivity index (χ0n) is 17.1. The summed E-state index contributed by atoms with van der Waals surface area (Å²) < 4.78 is 52.3. The fourth-order valence-corrected chi connectivity index (χ4v) is 4.24. The summed E-state index contributed by atoms with van der Waals surface area (Å²) >= 11 is 0. The Balaban J connectivity index is 1.98. The molecule has 2 N–H and O–H groups in total. The van der Waals surface area contributed by atoms with Crippen LogP contribution in [0, 0.1) is 5.82 Å². The van der Waals surface area contributed by atoms with Crippen molar-refractivity contribution in [3.05, 3.63) is 65.5 Å². The van der Waals surface area contributed by atoms with E-state index in [1.54, 1.807) is 19.1 Å². The molecule has 0 saturated carbocycles. The number of carbonyl (C=O) groups excluding carboxylic acids is 1. The van der Waals surface area contributed by atoms with Gasteiger partial charge in [0.2, 0.25) is 5.91 Å². The molecule has 0 unspecified atom stereocenters. The lowest BCUT2D eigenvalue weighted by Crippen LogP contribution is -2.28. The van der Waals surface area contributed by atoms with Crippen molar-refractivity contribution in [1.29, 1.82) is 0 Å². The molecule has 1 heterocycles. The molecular weight excluding hydrogens is 443 g/mol. The summed E-state index contributed by atoms with van der Waals surface area (Å²) in [6.07, 6.45) is -0.00134. The van der Waals surface area contributed by atoms with Crippen molar-refractivity contribution < 1.29 is 36.7 Å². The van der Waals surface area contributed by atoms with Gasteiger partial charge in [0.25, 0.3) is 15.9 Å². The number of aromatic nitrogens is 1. The van der Waals surface area contributed by atoms with E-state index >= 15 is 0 Å². The second-order valence-corrected chi connectivity index (χ2v) is 8.29. The van der Waals surface area contributed by atoms with Gasteiger partial charge in [-0.1, -0.05) is 30.3 Å². The molecule has 32 heavy (non-hydrogen) atoms. The van der Waals surface area contributed by atoms with Gasteiger partial charge in [0.15, 0.2) is 5.76 Å². The molecule has 11 heteroatoms. The molecule has 0 aliphatic carbocycles. The summed E-state index contributed by atoms with van der Waals surface area (Å²) in [5.41, 5.74) is 0.503. The Morgan fingerprint density at radius 1 is 1.19 bits per heavy atom. The average Bonchev–Trinajstić information content (AvgIpc) is 3.10. The highest BCUT2D eigenvalue weighted by Gasteiger charge is 2.23. The van der Waals surface area contributed by atoms with Crippen LogP contribution in [0.25, 0.3) is 11.1 Å². The first-order valence-corrected chi connectivity index (χ1v) is 10.9. The van der Waals surface area contributed by atoms with Crippen LogP contribution in [0.15, 0.2) is 51.8 Å². The Labute approximate surface area is 182 Å². The van der Waals surface area contributed by atoms with Gasteiger partial charge in [-0.2, -0.15) is 4.98 Å². The third-order valence-corrected chi connectivity index (χ3v) is 5.76. The molecule has 0 aliphatic rings. The molecule has 168 valence electrons. The van der Waals surface area contributed by atoms with Crippen LogP contribution in [0.4, 0.5) is 4.39 Å². The van der Waals surface area contributed by atoms with Gasteiger partial charge in [-0.3, -0.25) is 4.79 Å². The Bertz CT molecular complexity index is 1290. The fourth-order valence-electron chi connectivity index (χ4n) is 3.03. The highest BCUT2D eigenvalue weighted by atomic mass is 32.2. The normalized spacial score (nSPS) is 11.2. The van der Waals surface area contributed by atoms with E-state index in [0.717, 1.165) is 6.92 Å². The summed E-state index contributed by atoms with van der Waals surface area (Å²) in [6.45, 7) is 2.98. The number of rotatable bonds is 8. The number of sulfonamides is 1. The number of halogens is 1. The zero-order valence-corrected chi connectivity index (χ0v) is 17.9. The largest absolute Gasteiger partial charge is 0.475 e. The second kappa shape index (κ2) is 9.18. The maximum Gasteiger partial charge on any atom is 0.392 e. The van der Waals surface area contributed by atoms with Crippen LogP contribution >= 0.6 is 0 Å². The number of amides is 1. The number of nitrogens with one attached hydrogen (secondary N) is 1. The lowest BCUT2D eigenvalue weighted by Gasteiger charge is -2.12. The van der Waals surface area contributed by atoms with Gasteiger partial charge in [-0.15, -0.1) is 0 Å². The quantitative estimate of drug-likeness (QED) is 0.521. The number of hydrogen-bond acceptors (Lipinski definition) is 7. The van der Waals surface area contributed by atoms with Crippen molar-refractivity contribution in [2.45, 2.75) is 25.2 Å². The molecule has 2 aromatic carbocycles. The Hall–Kier alpha value is -3.73. The van der Waals surface area contributed by atoms with Gasteiger partial charge < -0.3 is 14.3 Å². The molecule has 0 bridgehead atoms. The Morgan fingerprint density at radius 3 is 2.53 bits per heavy atom. The van der Waals surface area contributed by atoms with Crippen molar-refractivity contribution in [3.63, 3.8) is 0 Å². The molecule has 3 rings (SSSR count). The van der Waals surface area contributed by atoms with Crippen molar-refractivity contribution >= 4 is 21.9 Å². The number of carboxylic acids is 1. The monoisotopic (exact) mass is 462 g/mol. The number of hydrogen-bond donors (Lipinski definition) is 2. The maximum absolute atomic E-state index is 15.0. The van der Waals surface area contributed by atoms with E-state index in [2.05, 4.69) is 4.98 Å². The standard InChI is InChI=1S/C21H19FN2O7S/c1-3-30-19-17(31-20(23-19)21(26)27)11-13-8-9-14(16(22)10-13)15-6-4-5-7-18(15)32(28,29)24-12(2)25/h4-10H,3,11H2,1-2H3,(H,24,25)(H,26,27). The fraction of sp³-hybridized carbons (Fsp3) is 0.190. The minimum Gasteiger partial charge on any atom is -0.475 e. The van der Waals surface area contributed by atoms with Crippen LogP contribution in [0.1, 0.15) is 35.9 Å². The third-order valence-electron chi connectivity index (χ3n) is 4.27. The molecule has 0 spiro atoms. The Kier molecular flexibility index (Phi) is 6.58. The number of benzene rings is 2. The van der Waals surface area contributed by atoms with Crippen LogP contribution < -0.4 is 9.46 Å². The lowest BCUT2D eigenvalue weighted by molar-refractivity contribution is -0.117. The predicted molar refractivity (Wildman–Crippen MR) is 110 cm³/mol. The van der Waals surface area contributed by atoms with Crippen LogP contribution in [0.2, 0.25) is 0 Å². The molecular formula is C21H19FN2O7S. The van der Waals surface area contributed by atoms with Gasteiger partial charge in [0.05, 0.1) is 11.5 Å². The molecule has 0 aliphatic heterocycles. The number of oxazole rings is 1. The summed E-state index contributed by atoms with van der Waals surface area (Å²) in [4.78, 5) is 25.9. The van der Waals surface area contributed by atoms with E-state index in [0.29, 0.717) is 5.56 Å². The number of carboxylic acid groups (broad SMARTS) is 1. The molecule has 9 nitrogen and oxygen atoms in total. The molecule has 0 atom stereocenters. The first-order chi connectivity index (χ1) is 15.1. The summed E-state index contributed by atoms with van der Waals surface area (Å²) in [5.74, 6) is -3.28. The van der Waals surface area contributed by atoms with Crippen molar-refractivity contribution in [2.75, 3.05) is 6.61 Å². The number of carbonyl (C=O) groups is 2. The van der Waals surface area contributed by atoms with Crippen LogP contribution in [0.3, 0.4) is 0 Å². The molecule has 0 radical (unpaired) electrons. The third kappa shape index (κ3) is 4.94. The zero-order chi connectivity index (χ0) is 23.5. The maximum atomic E-state index is 15.0. The summed E-state index contributed by atoms with van der Waals surface area (Å²) in [7, 11) is -4.19.